The lowest BCUT2D eigenvalue weighted by atomic mass is 9.73. The Morgan fingerprint density at radius 3 is 2.29 bits per heavy atom. The van der Waals surface area contributed by atoms with Crippen molar-refractivity contribution in [3.63, 3.8) is 0 Å². The molecule has 14 heteroatoms. The molecule has 45 heavy (non-hydrogen) atoms. The van der Waals surface area contributed by atoms with E-state index in [0.717, 1.165) is 5.56 Å². The van der Waals surface area contributed by atoms with Gasteiger partial charge in [0.15, 0.2) is 6.29 Å². The van der Waals surface area contributed by atoms with E-state index in [1.54, 1.807) is 36.4 Å². The molecule has 0 amide bonds. The molecule has 0 bridgehead atoms. The largest absolute Gasteiger partial charge is 0.465 e. The van der Waals surface area contributed by atoms with Crippen LogP contribution in [0.1, 0.15) is 56.6 Å². The van der Waals surface area contributed by atoms with E-state index in [0.29, 0.717) is 43.4 Å². The molecular formula is C31H37F3N3O7S+. The standard InChI is InChI=1S/C31H36F3N3O7S/c1-2-20-16-24(31(32,33)34)28-25(12-7-21(20)15-18-5-10-23(11-6-18)45(40,41)42)36-37(29(28)35)17-19-3-8-22(9-4-19)43-27-14-13-26(38)30(39)44-27/h3-6,8-11,20-21,24,26-27,30,35,38-39H,2,7,12-17H2,1H3/p+1. The number of nitrogens with zero attached hydrogens (tertiary/aromatic N) is 2. The van der Waals surface area contributed by atoms with Crippen molar-refractivity contribution >= 4 is 16.0 Å². The molecule has 1 aliphatic carbocycles. The van der Waals surface area contributed by atoms with Crippen LogP contribution in [0.15, 0.2) is 69.8 Å². The summed E-state index contributed by atoms with van der Waals surface area (Å²) in [6, 6.07) is 12.5. The predicted molar refractivity (Wildman–Crippen MR) is 155 cm³/mol. The lowest BCUT2D eigenvalue weighted by Gasteiger charge is -2.33. The summed E-state index contributed by atoms with van der Waals surface area (Å²) in [5, 5.41) is 32.6. The minimum Gasteiger partial charge on any atom is -0.465 e. The van der Waals surface area contributed by atoms with E-state index in [9.17, 15) is 36.4 Å². The Morgan fingerprint density at radius 1 is 1.02 bits per heavy atom. The highest BCUT2D eigenvalue weighted by Crippen LogP contribution is 2.46. The van der Waals surface area contributed by atoms with Gasteiger partial charge >= 0.3 is 12.0 Å². The molecule has 1 saturated heterocycles. The van der Waals surface area contributed by atoms with E-state index >= 15 is 0 Å². The van der Waals surface area contributed by atoms with Gasteiger partial charge in [-0.1, -0.05) is 48.1 Å². The van der Waals surface area contributed by atoms with E-state index in [2.05, 4.69) is 5.11 Å². The van der Waals surface area contributed by atoms with Gasteiger partial charge in [0.25, 0.3) is 10.1 Å². The van der Waals surface area contributed by atoms with Gasteiger partial charge in [-0.3, -0.25) is 4.55 Å². The third kappa shape index (κ3) is 7.80. The topological polar surface area (TPSA) is 153 Å². The Morgan fingerprint density at radius 2 is 1.69 bits per heavy atom. The molecule has 6 atom stereocenters. The fraction of sp³-hybridized carbons (Fsp3) is 0.516. The Bertz CT molecular complexity index is 1560. The Kier molecular flexibility index (Phi) is 9.80. The third-order valence-corrected chi connectivity index (χ3v) is 9.72. The van der Waals surface area contributed by atoms with Crippen molar-refractivity contribution in [3.05, 3.63) is 70.9 Å². The number of amidine groups is 1. The first-order valence-electron chi connectivity index (χ1n) is 14.9. The maximum atomic E-state index is 14.6. The van der Waals surface area contributed by atoms with Crippen molar-refractivity contribution in [2.45, 2.75) is 88.2 Å². The molecule has 10 nitrogen and oxygen atoms in total. The zero-order valence-corrected chi connectivity index (χ0v) is 25.5. The molecule has 2 aromatic carbocycles. The van der Waals surface area contributed by atoms with Crippen LogP contribution in [0, 0.1) is 23.2 Å². The number of alkyl halides is 3. The number of benzene rings is 2. The number of aliphatic hydroxyl groups is 2. The van der Waals surface area contributed by atoms with Crippen LogP contribution >= 0.6 is 0 Å². The number of hydrogen-bond acceptors (Lipinski definition) is 8. The SMILES string of the molecule is CCC1CC(C(F)(F)F)C2=C(CCC1Cc1ccc(S(=O)(=O)O)cc1)N=[N+](Cc1ccc(OC3CCC(O)C(O)O3)cc1)C2=N. The third-order valence-electron chi connectivity index (χ3n) is 8.85. The lowest BCUT2D eigenvalue weighted by molar-refractivity contribution is -0.493. The zero-order valence-electron chi connectivity index (χ0n) is 24.7. The highest BCUT2D eigenvalue weighted by molar-refractivity contribution is 7.85. The van der Waals surface area contributed by atoms with Crippen LogP contribution in [-0.2, 0) is 27.8 Å². The van der Waals surface area contributed by atoms with Gasteiger partial charge in [0.05, 0.1) is 22.1 Å². The number of hydrogen-bond donors (Lipinski definition) is 4. The molecule has 2 aliphatic heterocycles. The second kappa shape index (κ2) is 13.3. The van der Waals surface area contributed by atoms with Gasteiger partial charge in [0, 0.05) is 6.42 Å². The van der Waals surface area contributed by atoms with Crippen LogP contribution in [0.3, 0.4) is 0 Å². The number of rotatable bonds is 8. The van der Waals surface area contributed by atoms with Gasteiger partial charge in [0.1, 0.15) is 18.4 Å². The van der Waals surface area contributed by atoms with E-state index in [1.165, 1.54) is 16.8 Å². The van der Waals surface area contributed by atoms with Crippen molar-refractivity contribution < 1.29 is 50.5 Å². The monoisotopic (exact) mass is 652 g/mol. The molecule has 0 saturated carbocycles. The molecule has 4 N–H and O–H groups in total. The first-order valence-corrected chi connectivity index (χ1v) is 16.4. The van der Waals surface area contributed by atoms with Crippen LogP contribution in [0.25, 0.3) is 0 Å². The minimum absolute atomic E-state index is 0.0768. The minimum atomic E-state index is -4.57. The van der Waals surface area contributed by atoms with Crippen molar-refractivity contribution in [3.8, 4) is 5.75 Å². The first kappa shape index (κ1) is 33.2. The summed E-state index contributed by atoms with van der Waals surface area (Å²) in [7, 11) is -4.35. The van der Waals surface area contributed by atoms with Crippen LogP contribution in [-0.4, -0.2) is 58.6 Å². The molecule has 0 aromatic heterocycles. The van der Waals surface area contributed by atoms with Gasteiger partial charge in [-0.05, 0) is 79.3 Å². The average Bonchev–Trinajstić information content (AvgIpc) is 3.26. The molecule has 2 heterocycles. The highest BCUT2D eigenvalue weighted by atomic mass is 32.2. The lowest BCUT2D eigenvalue weighted by Crippen LogP contribution is -2.40. The fourth-order valence-electron chi connectivity index (χ4n) is 6.38. The molecular weight excluding hydrogens is 615 g/mol. The summed E-state index contributed by atoms with van der Waals surface area (Å²) >= 11 is 0. The predicted octanol–water partition coefficient (Wildman–Crippen LogP) is 5.59. The van der Waals surface area contributed by atoms with Gasteiger partial charge < -0.3 is 19.7 Å². The fourth-order valence-corrected chi connectivity index (χ4v) is 6.86. The van der Waals surface area contributed by atoms with Crippen molar-refractivity contribution in [1.82, 2.24) is 0 Å². The molecule has 0 spiro atoms. The van der Waals surface area contributed by atoms with Crippen molar-refractivity contribution in [1.29, 1.82) is 5.41 Å². The Labute approximate surface area is 259 Å². The average molecular weight is 653 g/mol. The summed E-state index contributed by atoms with van der Waals surface area (Å²) in [5.74, 6) is -2.08. The number of aliphatic hydroxyl groups excluding tert-OH is 2. The van der Waals surface area contributed by atoms with Gasteiger partial charge in [-0.15, -0.1) is 4.70 Å². The molecule has 2 aromatic rings. The van der Waals surface area contributed by atoms with Crippen molar-refractivity contribution in [2.24, 2.45) is 22.9 Å². The molecule has 1 fully saturated rings. The first-order chi connectivity index (χ1) is 21.2. The van der Waals surface area contributed by atoms with Gasteiger partial charge in [-0.2, -0.15) is 21.6 Å². The molecule has 0 radical (unpaired) electrons. The number of allylic oxidation sites excluding steroid dienone is 1. The van der Waals surface area contributed by atoms with Gasteiger partial charge in [0.2, 0.25) is 6.29 Å². The second-order valence-electron chi connectivity index (χ2n) is 11.8. The number of ether oxygens (including phenoxy) is 2. The van der Waals surface area contributed by atoms with Crippen LogP contribution in [0.5, 0.6) is 5.75 Å². The van der Waals surface area contributed by atoms with Crippen molar-refractivity contribution in [2.75, 3.05) is 0 Å². The van der Waals surface area contributed by atoms with Gasteiger partial charge in [-0.25, -0.2) is 0 Å². The van der Waals surface area contributed by atoms with E-state index in [4.69, 9.17) is 14.9 Å². The Balaban J connectivity index is 1.31. The number of nitrogens with one attached hydrogen (secondary N) is 1. The summed E-state index contributed by atoms with van der Waals surface area (Å²) in [6.07, 6.45) is -5.31. The summed E-state index contributed by atoms with van der Waals surface area (Å²) in [6.45, 7) is 1.95. The summed E-state index contributed by atoms with van der Waals surface area (Å²) < 4.78 is 88.2. The quantitative estimate of drug-likeness (QED) is 0.214. The molecule has 5 rings (SSSR count). The van der Waals surface area contributed by atoms with E-state index < -0.39 is 40.9 Å². The maximum absolute atomic E-state index is 14.6. The molecule has 6 unspecified atom stereocenters. The molecule has 3 aliphatic rings. The van der Waals surface area contributed by atoms with Crippen LogP contribution < -0.4 is 4.74 Å². The zero-order chi connectivity index (χ0) is 32.5. The Hall–Kier alpha value is -3.17. The maximum Gasteiger partial charge on any atom is 0.396 e. The second-order valence-corrected chi connectivity index (χ2v) is 13.3. The van der Waals surface area contributed by atoms with E-state index in [-0.39, 0.29) is 53.2 Å². The normalized spacial score (nSPS) is 27.9. The summed E-state index contributed by atoms with van der Waals surface area (Å²) in [4.78, 5) is -0.243. The highest BCUT2D eigenvalue weighted by Gasteiger charge is 2.51. The summed E-state index contributed by atoms with van der Waals surface area (Å²) in [5.41, 5.74) is 1.65. The number of azo groups is 2. The van der Waals surface area contributed by atoms with Crippen LogP contribution in [0.2, 0.25) is 0 Å². The van der Waals surface area contributed by atoms with E-state index in [1.807, 2.05) is 6.92 Å². The number of halogens is 3. The smallest absolute Gasteiger partial charge is 0.396 e. The molecule has 244 valence electrons. The van der Waals surface area contributed by atoms with Crippen LogP contribution in [0.4, 0.5) is 13.2 Å².